The predicted octanol–water partition coefficient (Wildman–Crippen LogP) is 1.24. The smallest absolute Gasteiger partial charge is 0.182 e. The van der Waals surface area contributed by atoms with Crippen molar-refractivity contribution in [3.63, 3.8) is 0 Å². The lowest BCUT2D eigenvalue weighted by molar-refractivity contribution is 0.0726. The predicted molar refractivity (Wildman–Crippen MR) is 52.2 cm³/mol. The Morgan fingerprint density at radius 3 is 2.77 bits per heavy atom. The van der Waals surface area contributed by atoms with Gasteiger partial charge >= 0.3 is 0 Å². The topological polar surface area (TPSA) is 42.0 Å². The van der Waals surface area contributed by atoms with Crippen LogP contribution in [0.2, 0.25) is 0 Å². The second kappa shape index (κ2) is 2.89. The molecule has 0 saturated carbocycles. The molecule has 2 rings (SSSR count). The van der Waals surface area contributed by atoms with Gasteiger partial charge in [0.25, 0.3) is 0 Å². The summed E-state index contributed by atoms with van der Waals surface area (Å²) in [5, 5.41) is 3.12. The van der Waals surface area contributed by atoms with Crippen LogP contribution in [0.3, 0.4) is 0 Å². The number of aromatic nitrogens is 1. The number of carbonyl (C=O) groups excluding carboxylic acids is 1. The Morgan fingerprint density at radius 1 is 1.69 bits per heavy atom. The van der Waals surface area contributed by atoms with E-state index in [2.05, 4.69) is 9.69 Å². The summed E-state index contributed by atoms with van der Waals surface area (Å²) in [7, 11) is 0. The number of ketones is 1. The van der Waals surface area contributed by atoms with Gasteiger partial charge in [0.1, 0.15) is 0 Å². The highest BCUT2D eigenvalue weighted by Gasteiger charge is 2.40. The van der Waals surface area contributed by atoms with Gasteiger partial charge in [0.2, 0.25) is 0 Å². The number of nitrogens with one attached hydrogen (secondary N) is 1. The lowest BCUT2D eigenvalue weighted by Crippen LogP contribution is -2.55. The van der Waals surface area contributed by atoms with Gasteiger partial charge in [-0.25, -0.2) is 0 Å². The first-order valence-electron chi connectivity index (χ1n) is 4.31. The largest absolute Gasteiger partial charge is 0.315 e. The van der Waals surface area contributed by atoms with Gasteiger partial charge in [0, 0.05) is 13.1 Å². The number of rotatable bonds is 2. The van der Waals surface area contributed by atoms with E-state index in [9.17, 15) is 4.79 Å². The Kier molecular flexibility index (Phi) is 1.96. The van der Waals surface area contributed by atoms with Crippen LogP contribution >= 0.6 is 11.5 Å². The third-order valence-corrected chi connectivity index (χ3v) is 3.31. The summed E-state index contributed by atoms with van der Waals surface area (Å²) in [6, 6.07) is 1.87. The van der Waals surface area contributed by atoms with Crippen molar-refractivity contribution < 1.29 is 4.79 Å². The molecule has 3 nitrogen and oxygen atoms in total. The molecule has 0 spiro atoms. The lowest BCUT2D eigenvalue weighted by Gasteiger charge is -2.37. The molecular weight excluding hydrogens is 184 g/mol. The van der Waals surface area contributed by atoms with Crippen LogP contribution in [-0.4, -0.2) is 23.2 Å². The zero-order chi connectivity index (χ0) is 9.47. The maximum atomic E-state index is 11.9. The van der Waals surface area contributed by atoms with E-state index in [-0.39, 0.29) is 11.2 Å². The van der Waals surface area contributed by atoms with E-state index in [1.165, 1.54) is 11.5 Å². The van der Waals surface area contributed by atoms with E-state index in [1.54, 1.807) is 0 Å². The third-order valence-electron chi connectivity index (χ3n) is 2.43. The molecule has 1 N–H and O–H groups in total. The molecule has 1 aliphatic heterocycles. The molecular formula is C9H12N2OS. The fourth-order valence-electron chi connectivity index (χ4n) is 1.43. The third kappa shape index (κ3) is 1.40. The second-order valence-corrected chi connectivity index (χ2v) is 4.63. The normalized spacial score (nSPS) is 19.5. The molecule has 0 bridgehead atoms. The number of hydrogen-bond acceptors (Lipinski definition) is 4. The minimum atomic E-state index is -0.182. The van der Waals surface area contributed by atoms with Crippen LogP contribution in [0.1, 0.15) is 22.3 Å². The first-order valence-corrected chi connectivity index (χ1v) is 5.08. The van der Waals surface area contributed by atoms with Gasteiger partial charge in [-0.1, -0.05) is 0 Å². The van der Waals surface area contributed by atoms with Gasteiger partial charge in [0.15, 0.2) is 5.78 Å². The second-order valence-electron chi connectivity index (χ2n) is 3.83. The maximum Gasteiger partial charge on any atom is 0.182 e. The van der Waals surface area contributed by atoms with E-state index < -0.39 is 0 Å². The van der Waals surface area contributed by atoms with Crippen molar-refractivity contribution in [1.82, 2.24) is 9.69 Å². The van der Waals surface area contributed by atoms with E-state index in [4.69, 9.17) is 0 Å². The van der Waals surface area contributed by atoms with Gasteiger partial charge < -0.3 is 5.32 Å². The van der Waals surface area contributed by atoms with Crippen molar-refractivity contribution >= 4 is 17.3 Å². The van der Waals surface area contributed by atoms with Gasteiger partial charge in [-0.05, 0) is 31.4 Å². The number of nitrogens with zero attached hydrogens (tertiary/aromatic N) is 1. The number of aryl methyl sites for hydroxylation is 1. The molecule has 2 heterocycles. The minimum absolute atomic E-state index is 0.182. The zero-order valence-corrected chi connectivity index (χ0v) is 8.57. The van der Waals surface area contributed by atoms with Crippen LogP contribution in [0, 0.1) is 12.3 Å². The molecule has 1 aromatic heterocycles. The Balaban J connectivity index is 2.22. The molecule has 0 amide bonds. The van der Waals surface area contributed by atoms with Gasteiger partial charge in [-0.2, -0.15) is 4.37 Å². The molecule has 1 saturated heterocycles. The van der Waals surface area contributed by atoms with Crippen LogP contribution in [0.15, 0.2) is 6.07 Å². The average Bonchev–Trinajstić information content (AvgIpc) is 2.46. The fourth-order valence-corrected chi connectivity index (χ4v) is 2.28. The molecule has 70 valence electrons. The van der Waals surface area contributed by atoms with E-state index >= 15 is 0 Å². The monoisotopic (exact) mass is 196 g/mol. The van der Waals surface area contributed by atoms with Crippen LogP contribution in [0.4, 0.5) is 0 Å². The van der Waals surface area contributed by atoms with Gasteiger partial charge in [-0.15, -0.1) is 0 Å². The molecule has 1 aliphatic rings. The highest BCUT2D eigenvalue weighted by atomic mass is 32.1. The molecule has 1 fully saturated rings. The van der Waals surface area contributed by atoms with Gasteiger partial charge in [0.05, 0.1) is 16.0 Å². The summed E-state index contributed by atoms with van der Waals surface area (Å²) >= 11 is 1.31. The van der Waals surface area contributed by atoms with E-state index in [0.717, 1.165) is 23.7 Å². The highest BCUT2D eigenvalue weighted by molar-refractivity contribution is 7.08. The SMILES string of the molecule is Cc1cc(C(=O)C2(C)CNC2)sn1. The molecule has 13 heavy (non-hydrogen) atoms. The molecule has 1 aromatic rings. The van der Waals surface area contributed by atoms with E-state index in [0.29, 0.717) is 0 Å². The van der Waals surface area contributed by atoms with Crippen molar-refractivity contribution in [3.05, 3.63) is 16.6 Å². The van der Waals surface area contributed by atoms with Crippen molar-refractivity contribution in [3.8, 4) is 0 Å². The Morgan fingerprint density at radius 2 is 2.38 bits per heavy atom. The molecule has 0 atom stereocenters. The Bertz CT molecular complexity index is 341. The van der Waals surface area contributed by atoms with Crippen molar-refractivity contribution in [2.45, 2.75) is 13.8 Å². The minimum Gasteiger partial charge on any atom is -0.315 e. The fraction of sp³-hybridized carbons (Fsp3) is 0.556. The Hall–Kier alpha value is -0.740. The molecule has 0 aliphatic carbocycles. The zero-order valence-electron chi connectivity index (χ0n) is 7.76. The molecule has 0 aromatic carbocycles. The maximum absolute atomic E-state index is 11.9. The number of hydrogen-bond donors (Lipinski definition) is 1. The van der Waals surface area contributed by atoms with E-state index in [1.807, 2.05) is 19.9 Å². The summed E-state index contributed by atoms with van der Waals surface area (Å²) in [5.41, 5.74) is 0.753. The summed E-state index contributed by atoms with van der Waals surface area (Å²) < 4.78 is 4.11. The van der Waals surface area contributed by atoms with Crippen LogP contribution in [-0.2, 0) is 0 Å². The first-order chi connectivity index (χ1) is 6.12. The van der Waals surface area contributed by atoms with Gasteiger partial charge in [-0.3, -0.25) is 4.79 Å². The summed E-state index contributed by atoms with van der Waals surface area (Å²) in [4.78, 5) is 12.7. The quantitative estimate of drug-likeness (QED) is 0.724. The Labute approximate surface area is 81.3 Å². The van der Waals surface area contributed by atoms with Crippen LogP contribution in [0.25, 0.3) is 0 Å². The summed E-state index contributed by atoms with van der Waals surface area (Å²) in [5.74, 6) is 0.233. The van der Waals surface area contributed by atoms with Crippen molar-refractivity contribution in [2.24, 2.45) is 5.41 Å². The number of Topliss-reactive ketones (excluding diaryl/α,β-unsaturated/α-hetero) is 1. The summed E-state index contributed by atoms with van der Waals surface area (Å²) in [6.07, 6.45) is 0. The highest BCUT2D eigenvalue weighted by Crippen LogP contribution is 2.28. The standard InChI is InChI=1S/C9H12N2OS/c1-6-3-7(13-11-6)8(12)9(2)4-10-5-9/h3,10H,4-5H2,1-2H3. The first kappa shape index (κ1) is 8.84. The van der Waals surface area contributed by atoms with Crippen molar-refractivity contribution in [2.75, 3.05) is 13.1 Å². The van der Waals surface area contributed by atoms with Crippen LogP contribution < -0.4 is 5.32 Å². The average molecular weight is 196 g/mol. The summed E-state index contributed by atoms with van der Waals surface area (Å²) in [6.45, 7) is 5.50. The number of carbonyl (C=O) groups is 1. The van der Waals surface area contributed by atoms with Crippen LogP contribution in [0.5, 0.6) is 0 Å². The lowest BCUT2D eigenvalue weighted by atomic mass is 9.79. The van der Waals surface area contributed by atoms with Crippen molar-refractivity contribution in [1.29, 1.82) is 0 Å². The molecule has 4 heteroatoms. The molecule has 0 radical (unpaired) electrons. The molecule has 0 unspecified atom stereocenters.